The van der Waals surface area contributed by atoms with Gasteiger partial charge in [0.05, 0.1) is 22.5 Å². The Hall–Kier alpha value is -2.08. The van der Waals surface area contributed by atoms with Crippen LogP contribution in [-0.4, -0.2) is 26.5 Å². The van der Waals surface area contributed by atoms with Gasteiger partial charge in [-0.25, -0.2) is 19.9 Å². The van der Waals surface area contributed by atoms with Crippen molar-refractivity contribution >= 4 is 27.4 Å². The largest absolute Gasteiger partial charge is 0.349 e. The topological polar surface area (TPSA) is 54.8 Å². The van der Waals surface area contributed by atoms with Gasteiger partial charge in [-0.2, -0.15) is 0 Å². The zero-order chi connectivity index (χ0) is 12.7. The van der Waals surface area contributed by atoms with Crippen molar-refractivity contribution in [2.45, 2.75) is 13.0 Å². The highest BCUT2D eigenvalue weighted by molar-refractivity contribution is 7.17. The average Bonchev–Trinajstić information content (AvgIpc) is 2.95. The van der Waals surface area contributed by atoms with Gasteiger partial charge in [0.15, 0.2) is 0 Å². The minimum atomic E-state index is 0.794. The van der Waals surface area contributed by atoms with E-state index in [1.165, 1.54) is 5.56 Å². The lowest BCUT2D eigenvalue weighted by Crippen LogP contribution is -2.31. The molecule has 0 amide bonds. The molecule has 0 atom stereocenters. The van der Waals surface area contributed by atoms with Crippen molar-refractivity contribution in [3.63, 3.8) is 0 Å². The van der Waals surface area contributed by atoms with Crippen LogP contribution in [0.25, 0.3) is 10.2 Å². The minimum Gasteiger partial charge on any atom is -0.349 e. The number of rotatable bonds is 1. The van der Waals surface area contributed by atoms with Crippen molar-refractivity contribution < 1.29 is 0 Å². The molecule has 1 aliphatic heterocycles. The molecule has 3 aromatic rings. The summed E-state index contributed by atoms with van der Waals surface area (Å²) in [6.45, 7) is 1.74. The summed E-state index contributed by atoms with van der Waals surface area (Å²) >= 11 is 1.69. The zero-order valence-corrected chi connectivity index (χ0v) is 11.0. The quantitative estimate of drug-likeness (QED) is 0.676. The maximum absolute atomic E-state index is 4.46. The third-order valence-electron chi connectivity index (χ3n) is 3.40. The fraction of sp³-hybridized carbons (Fsp3) is 0.231. The van der Waals surface area contributed by atoms with Crippen molar-refractivity contribution in [2.75, 3.05) is 11.4 Å². The van der Waals surface area contributed by atoms with Crippen LogP contribution >= 0.6 is 11.3 Å². The molecule has 0 N–H and O–H groups in total. The van der Waals surface area contributed by atoms with E-state index >= 15 is 0 Å². The van der Waals surface area contributed by atoms with Gasteiger partial charge in [0.1, 0.15) is 18.5 Å². The standard InChI is InChI=1S/C13H11N5S/c1-3-18(6-11-9(1)5-14-7-15-11)13-12-10(2-4-19-12)16-8-17-13/h2,4-5,7-8H,1,3,6H2. The van der Waals surface area contributed by atoms with Crippen molar-refractivity contribution in [3.8, 4) is 0 Å². The summed E-state index contributed by atoms with van der Waals surface area (Å²) in [4.78, 5) is 19.5. The predicted octanol–water partition coefficient (Wildman–Crippen LogP) is 2.04. The van der Waals surface area contributed by atoms with Gasteiger partial charge in [-0.15, -0.1) is 11.3 Å². The van der Waals surface area contributed by atoms with E-state index in [2.05, 4.69) is 30.2 Å². The van der Waals surface area contributed by atoms with Crippen LogP contribution in [0.15, 0.2) is 30.3 Å². The van der Waals surface area contributed by atoms with E-state index < -0.39 is 0 Å². The second-order valence-electron chi connectivity index (χ2n) is 4.50. The molecule has 4 heterocycles. The van der Waals surface area contributed by atoms with E-state index in [0.29, 0.717) is 0 Å². The van der Waals surface area contributed by atoms with Crippen LogP contribution < -0.4 is 4.90 Å². The molecule has 0 aromatic carbocycles. The lowest BCUT2D eigenvalue weighted by molar-refractivity contribution is 0.697. The minimum absolute atomic E-state index is 0.794. The van der Waals surface area contributed by atoms with Crippen LogP contribution in [-0.2, 0) is 13.0 Å². The number of hydrogen-bond donors (Lipinski definition) is 0. The molecule has 3 aromatic heterocycles. The Kier molecular flexibility index (Phi) is 2.41. The van der Waals surface area contributed by atoms with Crippen molar-refractivity contribution in [1.29, 1.82) is 0 Å². The molecule has 0 spiro atoms. The molecule has 4 rings (SSSR count). The zero-order valence-electron chi connectivity index (χ0n) is 10.2. The summed E-state index contributed by atoms with van der Waals surface area (Å²) in [5, 5.41) is 2.06. The number of fused-ring (bicyclic) bond motifs is 2. The van der Waals surface area contributed by atoms with Gasteiger partial charge in [-0.1, -0.05) is 0 Å². The molecule has 0 bridgehead atoms. The molecule has 94 valence electrons. The first-order valence-electron chi connectivity index (χ1n) is 6.13. The molecule has 6 heteroatoms. The average molecular weight is 269 g/mol. The molecule has 0 saturated carbocycles. The Morgan fingerprint density at radius 2 is 2.16 bits per heavy atom. The van der Waals surface area contributed by atoms with Crippen LogP contribution in [0, 0.1) is 0 Å². The maximum Gasteiger partial charge on any atom is 0.150 e. The summed E-state index contributed by atoms with van der Waals surface area (Å²) in [6.07, 6.45) is 6.14. The molecule has 19 heavy (non-hydrogen) atoms. The summed E-state index contributed by atoms with van der Waals surface area (Å²) < 4.78 is 1.15. The van der Waals surface area contributed by atoms with E-state index in [4.69, 9.17) is 0 Å². The van der Waals surface area contributed by atoms with Gasteiger partial charge in [0, 0.05) is 12.7 Å². The maximum atomic E-state index is 4.46. The third-order valence-corrected chi connectivity index (χ3v) is 4.30. The molecule has 0 aliphatic carbocycles. The van der Waals surface area contributed by atoms with E-state index in [1.54, 1.807) is 24.0 Å². The first-order chi connectivity index (χ1) is 9.42. The Labute approximate surface area is 114 Å². The summed E-state index contributed by atoms with van der Waals surface area (Å²) in [5.74, 6) is 1.02. The lowest BCUT2D eigenvalue weighted by Gasteiger charge is -2.28. The predicted molar refractivity (Wildman–Crippen MR) is 74.2 cm³/mol. The van der Waals surface area contributed by atoms with Crippen LogP contribution in [0.3, 0.4) is 0 Å². The Bertz CT molecular complexity index is 738. The van der Waals surface area contributed by atoms with Gasteiger partial charge >= 0.3 is 0 Å². The molecular weight excluding hydrogens is 258 g/mol. The smallest absolute Gasteiger partial charge is 0.150 e. The highest BCUT2D eigenvalue weighted by atomic mass is 32.1. The third kappa shape index (κ3) is 1.76. The number of thiophene rings is 1. The summed E-state index contributed by atoms with van der Waals surface area (Å²) in [5.41, 5.74) is 3.36. The van der Waals surface area contributed by atoms with Crippen molar-refractivity contribution in [3.05, 3.63) is 41.6 Å². The number of anilines is 1. The lowest BCUT2D eigenvalue weighted by atomic mass is 10.1. The number of aromatic nitrogens is 4. The second kappa shape index (κ2) is 4.24. The van der Waals surface area contributed by atoms with E-state index in [-0.39, 0.29) is 0 Å². The van der Waals surface area contributed by atoms with Crippen LogP contribution in [0.2, 0.25) is 0 Å². The fourth-order valence-electron chi connectivity index (χ4n) is 2.43. The first kappa shape index (κ1) is 10.8. The SMILES string of the molecule is c1ncc2c(n1)CN(c1ncnc3ccsc13)CC2. The summed E-state index contributed by atoms with van der Waals surface area (Å²) in [6, 6.07) is 2.03. The van der Waals surface area contributed by atoms with Crippen LogP contribution in [0.1, 0.15) is 11.3 Å². The second-order valence-corrected chi connectivity index (χ2v) is 5.41. The Morgan fingerprint density at radius 1 is 1.16 bits per heavy atom. The molecular formula is C13H11N5S. The first-order valence-corrected chi connectivity index (χ1v) is 7.01. The van der Waals surface area contributed by atoms with Gasteiger partial charge < -0.3 is 4.90 Å². The van der Waals surface area contributed by atoms with Crippen LogP contribution in [0.4, 0.5) is 5.82 Å². The normalized spacial score (nSPS) is 14.6. The monoisotopic (exact) mass is 269 g/mol. The molecule has 0 unspecified atom stereocenters. The van der Waals surface area contributed by atoms with Gasteiger partial charge in [-0.3, -0.25) is 0 Å². The van der Waals surface area contributed by atoms with E-state index in [1.807, 2.05) is 12.3 Å². The molecule has 1 aliphatic rings. The van der Waals surface area contributed by atoms with Crippen LogP contribution in [0.5, 0.6) is 0 Å². The fourth-order valence-corrected chi connectivity index (χ4v) is 3.29. The Balaban J connectivity index is 1.77. The molecule has 5 nitrogen and oxygen atoms in total. The Morgan fingerprint density at radius 3 is 3.16 bits per heavy atom. The van der Waals surface area contributed by atoms with Crippen molar-refractivity contribution in [2.24, 2.45) is 0 Å². The highest BCUT2D eigenvalue weighted by Crippen LogP contribution is 2.30. The number of hydrogen-bond acceptors (Lipinski definition) is 6. The van der Waals surface area contributed by atoms with Gasteiger partial charge in [0.25, 0.3) is 0 Å². The molecule has 0 saturated heterocycles. The van der Waals surface area contributed by atoms with Gasteiger partial charge in [-0.05, 0) is 23.4 Å². The molecule has 0 fully saturated rings. The van der Waals surface area contributed by atoms with E-state index in [9.17, 15) is 0 Å². The summed E-state index contributed by atoms with van der Waals surface area (Å²) in [7, 11) is 0. The molecule has 0 radical (unpaired) electrons. The van der Waals surface area contributed by atoms with Gasteiger partial charge in [0.2, 0.25) is 0 Å². The van der Waals surface area contributed by atoms with Crippen molar-refractivity contribution in [1.82, 2.24) is 19.9 Å². The van der Waals surface area contributed by atoms with E-state index in [0.717, 1.165) is 41.2 Å². The highest BCUT2D eigenvalue weighted by Gasteiger charge is 2.20. The number of nitrogens with zero attached hydrogens (tertiary/aromatic N) is 5.